The van der Waals surface area contributed by atoms with E-state index in [4.69, 9.17) is 4.74 Å². The van der Waals surface area contributed by atoms with E-state index in [1.165, 1.54) is 4.31 Å². The van der Waals surface area contributed by atoms with Gasteiger partial charge < -0.3 is 10.1 Å². The lowest BCUT2D eigenvalue weighted by atomic mass is 9.79. The van der Waals surface area contributed by atoms with Crippen molar-refractivity contribution in [3.05, 3.63) is 24.3 Å². The summed E-state index contributed by atoms with van der Waals surface area (Å²) in [6.07, 6.45) is 3.18. The Hall–Kier alpha value is -1.76. The minimum atomic E-state index is -3.48. The molecule has 0 aromatic heterocycles. The zero-order valence-corrected chi connectivity index (χ0v) is 15.6. The molecule has 0 radical (unpaired) electrons. The molecule has 2 aliphatic rings. The van der Waals surface area contributed by atoms with Gasteiger partial charge in [0.25, 0.3) is 0 Å². The molecule has 1 heterocycles. The van der Waals surface area contributed by atoms with E-state index in [1.54, 1.807) is 19.2 Å². The van der Waals surface area contributed by atoms with E-state index in [1.807, 2.05) is 19.1 Å². The van der Waals surface area contributed by atoms with Gasteiger partial charge >= 0.3 is 0 Å². The Bertz CT molecular complexity index is 734. The smallest absolute Gasteiger partial charge is 0.237 e. The zero-order valence-electron chi connectivity index (χ0n) is 14.8. The van der Waals surface area contributed by atoms with Gasteiger partial charge in [0.05, 0.1) is 17.5 Å². The number of carbonyl (C=O) groups excluding carboxylic acids is 1. The third kappa shape index (κ3) is 3.61. The second-order valence-corrected chi connectivity index (χ2v) is 9.07. The monoisotopic (exact) mass is 366 g/mol. The Labute approximate surface area is 149 Å². The first-order chi connectivity index (χ1) is 11.9. The molecule has 1 aromatic carbocycles. The highest BCUT2D eigenvalue weighted by atomic mass is 32.2. The van der Waals surface area contributed by atoms with Crippen LogP contribution in [-0.2, 0) is 14.8 Å². The molecule has 0 spiro atoms. The van der Waals surface area contributed by atoms with E-state index in [9.17, 15) is 13.2 Å². The van der Waals surface area contributed by atoms with Gasteiger partial charge in [-0.3, -0.25) is 9.10 Å². The number of ether oxygens (including phenoxy) is 1. The molecule has 1 saturated carbocycles. The first kappa shape index (κ1) is 18.0. The maximum atomic E-state index is 13.2. The number of fused-ring (bicyclic) bond motifs is 1. The van der Waals surface area contributed by atoms with Crippen LogP contribution in [0.2, 0.25) is 0 Å². The van der Waals surface area contributed by atoms with Gasteiger partial charge in [0.15, 0.2) is 0 Å². The van der Waals surface area contributed by atoms with E-state index in [2.05, 4.69) is 5.32 Å². The van der Waals surface area contributed by atoms with Crippen LogP contribution < -0.4 is 14.4 Å². The molecule has 3 unspecified atom stereocenters. The predicted molar refractivity (Wildman–Crippen MR) is 97.2 cm³/mol. The average Bonchev–Trinajstić information content (AvgIpc) is 2.61. The molecular weight excluding hydrogens is 340 g/mol. The minimum Gasteiger partial charge on any atom is -0.492 e. The van der Waals surface area contributed by atoms with Crippen LogP contribution in [0.25, 0.3) is 0 Å². The van der Waals surface area contributed by atoms with Gasteiger partial charge in [0, 0.05) is 19.5 Å². The zero-order chi connectivity index (χ0) is 18.0. The fourth-order valence-corrected chi connectivity index (χ4v) is 5.75. The number of para-hydroxylation sites is 2. The number of hydrogen-bond donors (Lipinski definition) is 1. The van der Waals surface area contributed by atoms with Gasteiger partial charge in [0.2, 0.25) is 15.9 Å². The standard InChI is InChI=1S/C18H26N2O4S/c1-3-24-17-7-5-4-6-16(17)20(2)25(22,23)14-9-10-15-13(12-14)8-11-18(21)19-15/h4-7,13-15H,3,8-12H2,1-2H3,(H,19,21). The van der Waals surface area contributed by atoms with Crippen LogP contribution in [0.3, 0.4) is 0 Å². The van der Waals surface area contributed by atoms with Crippen LogP contribution in [0, 0.1) is 5.92 Å². The fourth-order valence-electron chi connectivity index (χ4n) is 3.95. The van der Waals surface area contributed by atoms with Gasteiger partial charge in [-0.15, -0.1) is 0 Å². The van der Waals surface area contributed by atoms with E-state index in [0.717, 1.165) is 12.8 Å². The number of anilines is 1. The topological polar surface area (TPSA) is 75.7 Å². The number of carbonyl (C=O) groups is 1. The summed E-state index contributed by atoms with van der Waals surface area (Å²) in [6, 6.07) is 7.35. The maximum Gasteiger partial charge on any atom is 0.237 e. The average molecular weight is 366 g/mol. The van der Waals surface area contributed by atoms with Gasteiger partial charge in [-0.25, -0.2) is 8.42 Å². The van der Waals surface area contributed by atoms with E-state index < -0.39 is 15.3 Å². The summed E-state index contributed by atoms with van der Waals surface area (Å²) in [4.78, 5) is 11.5. The van der Waals surface area contributed by atoms with Gasteiger partial charge in [-0.1, -0.05) is 12.1 Å². The third-order valence-electron chi connectivity index (χ3n) is 5.33. The van der Waals surface area contributed by atoms with Crippen molar-refractivity contribution in [2.75, 3.05) is 18.0 Å². The first-order valence-corrected chi connectivity index (χ1v) is 10.4. The lowest BCUT2D eigenvalue weighted by Crippen LogP contribution is -2.51. The van der Waals surface area contributed by atoms with Crippen LogP contribution in [0.1, 0.15) is 39.0 Å². The van der Waals surface area contributed by atoms with Crippen molar-refractivity contribution in [1.82, 2.24) is 5.32 Å². The van der Waals surface area contributed by atoms with Crippen LogP contribution in [0.15, 0.2) is 24.3 Å². The Morgan fingerprint density at radius 2 is 2.00 bits per heavy atom. The fraction of sp³-hybridized carbons (Fsp3) is 0.611. The second-order valence-electron chi connectivity index (χ2n) is 6.82. The Balaban J connectivity index is 1.79. The van der Waals surface area contributed by atoms with Crippen LogP contribution in [0.5, 0.6) is 5.75 Å². The number of piperidine rings is 1. The Kier molecular flexibility index (Phi) is 5.22. The number of amides is 1. The van der Waals surface area contributed by atoms with Crippen molar-refractivity contribution >= 4 is 21.6 Å². The van der Waals surface area contributed by atoms with Crippen molar-refractivity contribution in [3.8, 4) is 5.75 Å². The lowest BCUT2D eigenvalue weighted by Gasteiger charge is -2.40. The van der Waals surface area contributed by atoms with Gasteiger partial charge in [0.1, 0.15) is 5.75 Å². The maximum absolute atomic E-state index is 13.2. The van der Waals surface area contributed by atoms with Crippen molar-refractivity contribution in [2.45, 2.75) is 50.3 Å². The molecule has 1 amide bonds. The van der Waals surface area contributed by atoms with Crippen LogP contribution in [-0.4, -0.2) is 39.3 Å². The number of sulfonamides is 1. The molecule has 2 fully saturated rings. The highest BCUT2D eigenvalue weighted by Gasteiger charge is 2.41. The molecule has 3 rings (SSSR count). The summed E-state index contributed by atoms with van der Waals surface area (Å²) < 4.78 is 33.3. The molecule has 1 N–H and O–H groups in total. The molecule has 25 heavy (non-hydrogen) atoms. The van der Waals surface area contributed by atoms with Gasteiger partial charge in [-0.05, 0) is 50.7 Å². The number of nitrogens with zero attached hydrogens (tertiary/aromatic N) is 1. The summed E-state index contributed by atoms with van der Waals surface area (Å²) >= 11 is 0. The second kappa shape index (κ2) is 7.23. The summed E-state index contributed by atoms with van der Waals surface area (Å²) in [5.41, 5.74) is 0.573. The molecule has 138 valence electrons. The Morgan fingerprint density at radius 3 is 2.76 bits per heavy atom. The molecule has 1 aliphatic heterocycles. The molecule has 1 saturated heterocycles. The number of hydrogen-bond acceptors (Lipinski definition) is 4. The van der Waals surface area contributed by atoms with Crippen molar-refractivity contribution in [1.29, 1.82) is 0 Å². The first-order valence-electron chi connectivity index (χ1n) is 8.92. The summed E-state index contributed by atoms with van der Waals surface area (Å²) in [5, 5.41) is 2.60. The molecule has 0 bridgehead atoms. The highest BCUT2D eigenvalue weighted by Crippen LogP contribution is 2.37. The van der Waals surface area contributed by atoms with E-state index in [-0.39, 0.29) is 17.9 Å². The van der Waals surface area contributed by atoms with Gasteiger partial charge in [-0.2, -0.15) is 0 Å². The molecular formula is C18H26N2O4S. The molecule has 3 atom stereocenters. The highest BCUT2D eigenvalue weighted by molar-refractivity contribution is 7.93. The predicted octanol–water partition coefficient (Wildman–Crippen LogP) is 2.30. The normalized spacial score (nSPS) is 26.5. The van der Waals surface area contributed by atoms with Crippen LogP contribution >= 0.6 is 0 Å². The third-order valence-corrected chi connectivity index (χ3v) is 7.56. The van der Waals surface area contributed by atoms with Crippen molar-refractivity contribution < 1.29 is 17.9 Å². The number of rotatable bonds is 5. The van der Waals surface area contributed by atoms with E-state index in [0.29, 0.717) is 37.3 Å². The summed E-state index contributed by atoms with van der Waals surface area (Å²) in [7, 11) is -1.88. The minimum absolute atomic E-state index is 0.0883. The Morgan fingerprint density at radius 1 is 1.24 bits per heavy atom. The summed E-state index contributed by atoms with van der Waals surface area (Å²) in [6.45, 7) is 2.36. The summed E-state index contributed by atoms with van der Waals surface area (Å²) in [5.74, 6) is 0.918. The molecule has 7 heteroatoms. The van der Waals surface area contributed by atoms with Crippen LogP contribution in [0.4, 0.5) is 5.69 Å². The molecule has 6 nitrogen and oxygen atoms in total. The molecule has 1 aliphatic carbocycles. The van der Waals surface area contributed by atoms with Crippen molar-refractivity contribution in [3.63, 3.8) is 0 Å². The number of benzene rings is 1. The number of nitrogens with one attached hydrogen (secondary N) is 1. The van der Waals surface area contributed by atoms with Crippen molar-refractivity contribution in [2.24, 2.45) is 5.92 Å². The van der Waals surface area contributed by atoms with E-state index >= 15 is 0 Å². The largest absolute Gasteiger partial charge is 0.492 e. The molecule has 1 aromatic rings. The quantitative estimate of drug-likeness (QED) is 0.868. The lowest BCUT2D eigenvalue weighted by molar-refractivity contribution is -0.124. The SMILES string of the molecule is CCOc1ccccc1N(C)S(=O)(=O)C1CCC2NC(=O)CCC2C1.